The lowest BCUT2D eigenvalue weighted by Gasteiger charge is -2.26. The molecule has 0 saturated carbocycles. The van der Waals surface area contributed by atoms with Gasteiger partial charge in [0.25, 0.3) is 0 Å². The van der Waals surface area contributed by atoms with Crippen molar-refractivity contribution < 1.29 is 8.78 Å². The van der Waals surface area contributed by atoms with Gasteiger partial charge in [-0.2, -0.15) is 0 Å². The molecule has 0 aliphatic carbocycles. The Bertz CT molecular complexity index is 458. The van der Waals surface area contributed by atoms with Crippen LogP contribution in [0.4, 0.5) is 8.78 Å². The molecule has 1 aliphatic rings. The molecule has 19 heavy (non-hydrogen) atoms. The van der Waals surface area contributed by atoms with Crippen molar-refractivity contribution >= 4 is 15.9 Å². The highest BCUT2D eigenvalue weighted by Crippen LogP contribution is 2.38. The van der Waals surface area contributed by atoms with Crippen LogP contribution in [0.25, 0.3) is 0 Å². The molecule has 1 heterocycles. The third-order valence-corrected chi connectivity index (χ3v) is 5.15. The summed E-state index contributed by atoms with van der Waals surface area (Å²) < 4.78 is 28.0. The van der Waals surface area contributed by atoms with E-state index in [0.717, 1.165) is 32.4 Å². The second-order valence-electron chi connectivity index (χ2n) is 5.49. The number of rotatable bonds is 4. The van der Waals surface area contributed by atoms with Crippen LogP contribution in [-0.4, -0.2) is 18.0 Å². The van der Waals surface area contributed by atoms with Crippen molar-refractivity contribution in [3.8, 4) is 0 Å². The van der Waals surface area contributed by atoms with Crippen LogP contribution < -0.4 is 0 Å². The lowest BCUT2D eigenvalue weighted by molar-refractivity contribution is 0.232. The largest absolute Gasteiger partial charge is 0.298 e. The van der Waals surface area contributed by atoms with E-state index in [0.29, 0.717) is 16.4 Å². The molecule has 0 aromatic heterocycles. The Morgan fingerprint density at radius 1 is 1.26 bits per heavy atom. The fourth-order valence-corrected chi connectivity index (χ4v) is 3.30. The molecule has 1 saturated heterocycles. The molecule has 1 fully saturated rings. The van der Waals surface area contributed by atoms with E-state index in [2.05, 4.69) is 34.7 Å². The van der Waals surface area contributed by atoms with Crippen molar-refractivity contribution in [3.05, 3.63) is 33.8 Å². The Morgan fingerprint density at radius 3 is 2.53 bits per heavy atom. The number of nitrogens with zero attached hydrogens (tertiary/aromatic N) is 1. The average molecular weight is 332 g/mol. The van der Waals surface area contributed by atoms with E-state index in [1.54, 1.807) is 0 Å². The minimum absolute atomic E-state index is 0.178. The minimum Gasteiger partial charge on any atom is -0.298 e. The first-order valence-electron chi connectivity index (χ1n) is 6.86. The molecule has 1 aromatic carbocycles. The molecule has 2 rings (SSSR count). The van der Waals surface area contributed by atoms with Crippen LogP contribution in [0.3, 0.4) is 0 Å². The summed E-state index contributed by atoms with van der Waals surface area (Å²) in [6.07, 6.45) is 3.38. The van der Waals surface area contributed by atoms with Gasteiger partial charge in [0.05, 0.1) is 4.47 Å². The Labute approximate surface area is 122 Å². The van der Waals surface area contributed by atoms with Crippen LogP contribution in [0.5, 0.6) is 0 Å². The quantitative estimate of drug-likeness (QED) is 0.720. The Hall–Kier alpha value is -0.480. The zero-order chi connectivity index (χ0) is 14.0. The highest BCUT2D eigenvalue weighted by Gasteiger charge is 2.35. The van der Waals surface area contributed by atoms with Gasteiger partial charge < -0.3 is 0 Å². The molecule has 1 aliphatic heterocycles. The van der Waals surface area contributed by atoms with Gasteiger partial charge in [-0.05, 0) is 59.3 Å². The highest BCUT2D eigenvalue weighted by molar-refractivity contribution is 9.10. The monoisotopic (exact) mass is 331 g/mol. The van der Waals surface area contributed by atoms with Crippen molar-refractivity contribution in [2.75, 3.05) is 13.1 Å². The van der Waals surface area contributed by atoms with E-state index in [1.807, 2.05) is 0 Å². The van der Waals surface area contributed by atoms with E-state index < -0.39 is 11.6 Å². The van der Waals surface area contributed by atoms with Gasteiger partial charge in [-0.25, -0.2) is 8.78 Å². The molecule has 0 amide bonds. The molecule has 0 spiro atoms. The minimum atomic E-state index is -0.467. The molecular weight excluding hydrogens is 312 g/mol. The smallest absolute Gasteiger partial charge is 0.144 e. The highest BCUT2D eigenvalue weighted by atomic mass is 79.9. The van der Waals surface area contributed by atoms with Gasteiger partial charge in [0, 0.05) is 18.7 Å². The van der Waals surface area contributed by atoms with E-state index >= 15 is 0 Å². The predicted octanol–water partition coefficient (Wildman–Crippen LogP) is 4.74. The maximum atomic E-state index is 14.0. The van der Waals surface area contributed by atoms with Crippen LogP contribution in [0.15, 0.2) is 16.6 Å². The summed E-state index contributed by atoms with van der Waals surface area (Å²) in [5, 5.41) is 0. The maximum absolute atomic E-state index is 14.0. The normalized spacial score (nSPS) is 19.0. The van der Waals surface area contributed by atoms with Gasteiger partial charge in [0.15, 0.2) is 0 Å². The zero-order valence-electron chi connectivity index (χ0n) is 11.5. The Balaban J connectivity index is 2.14. The maximum Gasteiger partial charge on any atom is 0.144 e. The van der Waals surface area contributed by atoms with Crippen molar-refractivity contribution in [1.29, 1.82) is 0 Å². The Morgan fingerprint density at radius 2 is 1.95 bits per heavy atom. The molecule has 1 aromatic rings. The van der Waals surface area contributed by atoms with Gasteiger partial charge in [-0.1, -0.05) is 13.8 Å². The van der Waals surface area contributed by atoms with Crippen LogP contribution in [0.2, 0.25) is 0 Å². The molecule has 0 N–H and O–H groups in total. The first-order valence-corrected chi connectivity index (χ1v) is 7.65. The van der Waals surface area contributed by atoms with E-state index in [-0.39, 0.29) is 5.56 Å². The second-order valence-corrected chi connectivity index (χ2v) is 6.34. The molecule has 0 atom stereocenters. The standard InChI is InChI=1S/C15H20BrF2N/c1-3-15(4-2)7-8-19(10-15)9-11-13(17)6-5-12(16)14(11)18/h5-6H,3-4,7-10H2,1-2H3. The van der Waals surface area contributed by atoms with Crippen molar-refractivity contribution in [3.63, 3.8) is 0 Å². The molecule has 0 radical (unpaired) electrons. The number of hydrogen-bond acceptors (Lipinski definition) is 1. The van der Waals surface area contributed by atoms with Gasteiger partial charge >= 0.3 is 0 Å². The lowest BCUT2D eigenvalue weighted by atomic mass is 9.82. The zero-order valence-corrected chi connectivity index (χ0v) is 13.1. The van der Waals surface area contributed by atoms with Gasteiger partial charge in [-0.3, -0.25) is 4.90 Å². The van der Waals surface area contributed by atoms with Gasteiger partial charge in [0.2, 0.25) is 0 Å². The Kier molecular flexibility index (Phi) is 4.62. The second kappa shape index (κ2) is 5.88. The van der Waals surface area contributed by atoms with E-state index in [4.69, 9.17) is 0 Å². The van der Waals surface area contributed by atoms with Gasteiger partial charge in [-0.15, -0.1) is 0 Å². The summed E-state index contributed by atoms with van der Waals surface area (Å²) >= 11 is 3.12. The number of likely N-dealkylation sites (tertiary alicyclic amines) is 1. The average Bonchev–Trinajstić information content (AvgIpc) is 2.83. The molecule has 1 nitrogen and oxygen atoms in total. The first kappa shape index (κ1) is 14.9. The van der Waals surface area contributed by atoms with Crippen molar-refractivity contribution in [1.82, 2.24) is 4.90 Å². The van der Waals surface area contributed by atoms with Crippen molar-refractivity contribution in [2.45, 2.75) is 39.7 Å². The summed E-state index contributed by atoms with van der Waals surface area (Å²) in [6.45, 7) is 6.62. The molecule has 4 heteroatoms. The summed E-state index contributed by atoms with van der Waals surface area (Å²) in [6, 6.07) is 2.74. The lowest BCUT2D eigenvalue weighted by Crippen LogP contribution is -2.26. The fraction of sp³-hybridized carbons (Fsp3) is 0.600. The summed E-state index contributed by atoms with van der Waals surface area (Å²) in [5.41, 5.74) is 0.510. The van der Waals surface area contributed by atoms with Crippen molar-refractivity contribution in [2.24, 2.45) is 5.41 Å². The molecule has 0 bridgehead atoms. The topological polar surface area (TPSA) is 3.24 Å². The SMILES string of the molecule is CCC1(CC)CCN(Cc2c(F)ccc(Br)c2F)C1. The fourth-order valence-electron chi connectivity index (χ4n) is 2.93. The van der Waals surface area contributed by atoms with Crippen LogP contribution >= 0.6 is 15.9 Å². The first-order chi connectivity index (χ1) is 9.01. The molecule has 106 valence electrons. The molecule has 0 unspecified atom stereocenters. The number of halogens is 3. The van der Waals surface area contributed by atoms with Gasteiger partial charge in [0.1, 0.15) is 11.6 Å². The van der Waals surface area contributed by atoms with Crippen LogP contribution in [0, 0.1) is 17.0 Å². The van der Waals surface area contributed by atoms with Crippen LogP contribution in [-0.2, 0) is 6.54 Å². The third-order valence-electron chi connectivity index (χ3n) is 4.54. The van der Waals surface area contributed by atoms with Crippen LogP contribution in [0.1, 0.15) is 38.7 Å². The number of hydrogen-bond donors (Lipinski definition) is 0. The predicted molar refractivity (Wildman–Crippen MR) is 77.0 cm³/mol. The summed E-state index contributed by atoms with van der Waals surface area (Å²) in [7, 11) is 0. The third kappa shape index (κ3) is 3.00. The number of benzene rings is 1. The van der Waals surface area contributed by atoms with E-state index in [9.17, 15) is 8.78 Å². The molecular formula is C15H20BrF2N. The van der Waals surface area contributed by atoms with E-state index in [1.165, 1.54) is 12.1 Å². The summed E-state index contributed by atoms with van der Waals surface area (Å²) in [4.78, 5) is 2.17. The summed E-state index contributed by atoms with van der Waals surface area (Å²) in [5.74, 6) is -0.920.